The number of carbonyl (C=O) groups is 1. The maximum Gasteiger partial charge on any atom is 0.490 e. The molecule has 0 bridgehead atoms. The summed E-state index contributed by atoms with van der Waals surface area (Å²) in [5, 5.41) is 7.12. The lowest BCUT2D eigenvalue weighted by molar-refractivity contribution is -0.192. The zero-order valence-electron chi connectivity index (χ0n) is 20.6. The quantitative estimate of drug-likeness (QED) is 0.237. The van der Waals surface area contributed by atoms with E-state index in [-0.39, 0.29) is 0 Å². The summed E-state index contributed by atoms with van der Waals surface area (Å²) in [5.41, 5.74) is 4.82. The Kier molecular flexibility index (Phi) is 8.78. The fraction of sp³-hybridized carbons (Fsp3) is 0.138. The van der Waals surface area contributed by atoms with E-state index in [1.165, 1.54) is 5.56 Å². The van der Waals surface area contributed by atoms with Gasteiger partial charge in [-0.3, -0.25) is 0 Å². The minimum absolute atomic E-state index is 0.482. The van der Waals surface area contributed by atoms with E-state index in [1.54, 1.807) is 6.20 Å². The molecule has 0 saturated heterocycles. The number of rotatable bonds is 8. The van der Waals surface area contributed by atoms with Gasteiger partial charge in [-0.1, -0.05) is 60.7 Å². The molecule has 200 valence electrons. The Labute approximate surface area is 221 Å². The number of pyridine rings is 1. The number of alkyl halides is 3. The molecule has 10 heteroatoms. The number of benzene rings is 3. The van der Waals surface area contributed by atoms with Gasteiger partial charge in [-0.2, -0.15) is 13.2 Å². The number of carboxylic acids is 1. The van der Waals surface area contributed by atoms with E-state index >= 15 is 0 Å². The summed E-state index contributed by atoms with van der Waals surface area (Å²) in [6.45, 7) is 1.06. The number of aromatic amines is 1. The van der Waals surface area contributed by atoms with Crippen molar-refractivity contribution in [1.29, 1.82) is 0 Å². The first kappa shape index (κ1) is 27.2. The van der Waals surface area contributed by atoms with Gasteiger partial charge in [-0.05, 0) is 35.4 Å². The molecule has 0 amide bonds. The van der Waals surface area contributed by atoms with Crippen molar-refractivity contribution < 1.29 is 32.5 Å². The van der Waals surface area contributed by atoms with Crippen LogP contribution < -0.4 is 9.47 Å². The van der Waals surface area contributed by atoms with E-state index in [1.807, 2.05) is 78.9 Å². The monoisotopic (exact) mass is 535 g/mol. The zero-order chi connectivity index (χ0) is 27.7. The molecular weight excluding hydrogens is 511 g/mol. The summed E-state index contributed by atoms with van der Waals surface area (Å²) >= 11 is 0. The molecule has 0 aliphatic carbocycles. The minimum atomic E-state index is -5.08. The Morgan fingerprint density at radius 3 is 2.08 bits per heavy atom. The Morgan fingerprint density at radius 1 is 0.846 bits per heavy atom. The zero-order valence-corrected chi connectivity index (χ0v) is 20.6. The van der Waals surface area contributed by atoms with Gasteiger partial charge in [0.15, 0.2) is 5.65 Å². The fourth-order valence-corrected chi connectivity index (χ4v) is 3.53. The fourth-order valence-electron chi connectivity index (χ4n) is 3.53. The summed E-state index contributed by atoms with van der Waals surface area (Å²) in [6, 6.07) is 30.2. The predicted molar refractivity (Wildman–Crippen MR) is 139 cm³/mol. The smallest absolute Gasteiger partial charge is 0.490 e. The van der Waals surface area contributed by atoms with Crippen molar-refractivity contribution in [2.75, 3.05) is 6.61 Å². The SMILES string of the molecule is O=C(O)C(F)(F)F.c1ccc(CCOc2cc(OCc3ccccc3)cc(-c3nc4ncccc4[nH]3)c2)cc1. The highest BCUT2D eigenvalue weighted by Crippen LogP contribution is 2.30. The third-order valence-electron chi connectivity index (χ3n) is 5.40. The maximum atomic E-state index is 10.6. The number of imidazole rings is 1. The molecule has 0 aliphatic rings. The Balaban J connectivity index is 0.000000448. The normalized spacial score (nSPS) is 10.9. The van der Waals surface area contributed by atoms with Gasteiger partial charge in [0.05, 0.1) is 12.1 Å². The van der Waals surface area contributed by atoms with Gasteiger partial charge in [0, 0.05) is 24.2 Å². The maximum absolute atomic E-state index is 10.6. The molecule has 0 aliphatic heterocycles. The van der Waals surface area contributed by atoms with E-state index in [0.29, 0.717) is 18.9 Å². The topological polar surface area (TPSA) is 97.3 Å². The second kappa shape index (κ2) is 12.6. The number of hydrogen-bond acceptors (Lipinski definition) is 5. The van der Waals surface area contributed by atoms with Crippen LogP contribution in [-0.2, 0) is 17.8 Å². The lowest BCUT2D eigenvalue weighted by atomic mass is 10.1. The summed E-state index contributed by atoms with van der Waals surface area (Å²) in [5.74, 6) is -0.548. The van der Waals surface area contributed by atoms with Gasteiger partial charge < -0.3 is 19.6 Å². The molecule has 0 saturated carbocycles. The number of hydrogen-bond donors (Lipinski definition) is 2. The highest BCUT2D eigenvalue weighted by atomic mass is 19.4. The van der Waals surface area contributed by atoms with Crippen LogP contribution in [0.5, 0.6) is 11.5 Å². The number of aliphatic carboxylic acids is 1. The second-order valence-electron chi connectivity index (χ2n) is 8.31. The van der Waals surface area contributed by atoms with Gasteiger partial charge in [0.2, 0.25) is 0 Å². The van der Waals surface area contributed by atoms with Gasteiger partial charge >= 0.3 is 12.1 Å². The third-order valence-corrected chi connectivity index (χ3v) is 5.40. The molecule has 2 aromatic heterocycles. The summed E-state index contributed by atoms with van der Waals surface area (Å²) < 4.78 is 43.9. The standard InChI is InChI=1S/C27H23N3O2.C2HF3O2/c1-3-8-20(9-4-1)13-15-31-23-16-22(26-29-25-12-7-14-28-27(25)30-26)17-24(18-23)32-19-21-10-5-2-6-11-21;3-2(4,5)1(6)7/h1-12,14,16-18H,13,15,19H2,(H,28,29,30);(H,6,7). The van der Waals surface area contributed by atoms with Crippen LogP contribution >= 0.6 is 0 Å². The van der Waals surface area contributed by atoms with Crippen molar-refractivity contribution in [3.8, 4) is 22.9 Å². The molecule has 3 aromatic carbocycles. The number of halogens is 3. The molecule has 0 unspecified atom stereocenters. The Bertz CT molecular complexity index is 1470. The first-order chi connectivity index (χ1) is 18.8. The number of nitrogens with zero attached hydrogens (tertiary/aromatic N) is 2. The van der Waals surface area contributed by atoms with Crippen molar-refractivity contribution in [2.45, 2.75) is 19.2 Å². The van der Waals surface area contributed by atoms with Gasteiger partial charge in [0.25, 0.3) is 0 Å². The molecule has 0 fully saturated rings. The molecule has 0 radical (unpaired) electrons. The third kappa shape index (κ3) is 8.06. The summed E-state index contributed by atoms with van der Waals surface area (Å²) in [7, 11) is 0. The van der Waals surface area contributed by atoms with E-state index in [4.69, 9.17) is 19.4 Å². The van der Waals surface area contributed by atoms with Crippen LogP contribution in [0.25, 0.3) is 22.6 Å². The van der Waals surface area contributed by atoms with Gasteiger partial charge in [-0.25, -0.2) is 14.8 Å². The molecular formula is C29H24F3N3O4. The van der Waals surface area contributed by atoms with E-state index in [9.17, 15) is 13.2 Å². The first-order valence-corrected chi connectivity index (χ1v) is 11.9. The van der Waals surface area contributed by atoms with Crippen LogP contribution in [-0.4, -0.2) is 38.8 Å². The number of ether oxygens (including phenoxy) is 2. The second-order valence-corrected chi connectivity index (χ2v) is 8.31. The number of nitrogens with one attached hydrogen (secondary N) is 1. The molecule has 2 N–H and O–H groups in total. The van der Waals surface area contributed by atoms with Crippen molar-refractivity contribution >= 4 is 17.1 Å². The molecule has 39 heavy (non-hydrogen) atoms. The van der Waals surface area contributed by atoms with Crippen molar-refractivity contribution in [2.24, 2.45) is 0 Å². The molecule has 7 nitrogen and oxygen atoms in total. The predicted octanol–water partition coefficient (Wildman–Crippen LogP) is 6.46. The van der Waals surface area contributed by atoms with Gasteiger partial charge in [0.1, 0.15) is 23.9 Å². The van der Waals surface area contributed by atoms with Crippen LogP contribution in [0.2, 0.25) is 0 Å². The number of aromatic nitrogens is 3. The van der Waals surface area contributed by atoms with E-state index < -0.39 is 12.1 Å². The van der Waals surface area contributed by atoms with Crippen LogP contribution in [0.1, 0.15) is 11.1 Å². The largest absolute Gasteiger partial charge is 0.493 e. The highest BCUT2D eigenvalue weighted by Gasteiger charge is 2.38. The van der Waals surface area contributed by atoms with Crippen LogP contribution in [0, 0.1) is 0 Å². The molecule has 5 rings (SSSR count). The molecule has 5 aromatic rings. The van der Waals surface area contributed by atoms with Crippen molar-refractivity contribution in [3.05, 3.63) is 108 Å². The van der Waals surface area contributed by atoms with Crippen molar-refractivity contribution in [1.82, 2.24) is 15.0 Å². The Morgan fingerprint density at radius 2 is 1.46 bits per heavy atom. The van der Waals surface area contributed by atoms with E-state index in [0.717, 1.165) is 40.4 Å². The number of carboxylic acid groups (broad SMARTS) is 1. The minimum Gasteiger partial charge on any atom is -0.493 e. The lowest BCUT2D eigenvalue weighted by Gasteiger charge is -2.12. The number of H-pyrrole nitrogens is 1. The first-order valence-electron chi connectivity index (χ1n) is 11.9. The average Bonchev–Trinajstić information content (AvgIpc) is 3.38. The van der Waals surface area contributed by atoms with E-state index in [2.05, 4.69) is 27.1 Å². The molecule has 2 heterocycles. The Hall–Kier alpha value is -4.86. The van der Waals surface area contributed by atoms with Crippen LogP contribution in [0.3, 0.4) is 0 Å². The lowest BCUT2D eigenvalue weighted by Crippen LogP contribution is -2.21. The van der Waals surface area contributed by atoms with Crippen LogP contribution in [0.15, 0.2) is 97.2 Å². The van der Waals surface area contributed by atoms with Gasteiger partial charge in [-0.15, -0.1) is 0 Å². The summed E-state index contributed by atoms with van der Waals surface area (Å²) in [4.78, 5) is 21.2. The summed E-state index contributed by atoms with van der Waals surface area (Å²) in [6.07, 6.45) is -2.51. The highest BCUT2D eigenvalue weighted by molar-refractivity contribution is 5.76. The molecule has 0 atom stereocenters. The molecule has 0 spiro atoms. The van der Waals surface area contributed by atoms with Crippen LogP contribution in [0.4, 0.5) is 13.2 Å². The number of fused-ring (bicyclic) bond motifs is 1. The van der Waals surface area contributed by atoms with Crippen molar-refractivity contribution in [3.63, 3.8) is 0 Å². The average molecular weight is 536 g/mol.